The number of benzene rings is 1. The maximum atomic E-state index is 13.8. The topological polar surface area (TPSA) is 87.5 Å². The van der Waals surface area contributed by atoms with Crippen molar-refractivity contribution in [1.82, 2.24) is 14.6 Å². The first-order valence-corrected chi connectivity index (χ1v) is 8.70. The number of carboxylic acid groups (broad SMARTS) is 1. The Balaban J connectivity index is 2.00. The van der Waals surface area contributed by atoms with E-state index in [1.54, 1.807) is 12.1 Å². The van der Waals surface area contributed by atoms with E-state index in [1.165, 1.54) is 18.2 Å². The van der Waals surface area contributed by atoms with Gasteiger partial charge in [0, 0.05) is 17.2 Å². The fourth-order valence-corrected chi connectivity index (χ4v) is 3.79. The van der Waals surface area contributed by atoms with Gasteiger partial charge in [-0.3, -0.25) is 4.79 Å². The van der Waals surface area contributed by atoms with E-state index in [1.807, 2.05) is 0 Å². The van der Waals surface area contributed by atoms with Crippen LogP contribution in [0.5, 0.6) is 0 Å². The van der Waals surface area contributed by atoms with Crippen LogP contribution in [-0.2, 0) is 0 Å². The highest BCUT2D eigenvalue weighted by Crippen LogP contribution is 2.35. The average molecular weight is 355 g/mol. The molecule has 0 atom stereocenters. The summed E-state index contributed by atoms with van der Waals surface area (Å²) in [5.41, 5.74) is 1.42. The highest BCUT2D eigenvalue weighted by atomic mass is 19.1. The number of aromatic carboxylic acids is 1. The molecule has 1 aliphatic carbocycles. The van der Waals surface area contributed by atoms with Gasteiger partial charge >= 0.3 is 5.97 Å². The maximum absolute atomic E-state index is 13.8. The van der Waals surface area contributed by atoms with Crippen LogP contribution in [0, 0.1) is 5.82 Å². The number of carbonyl (C=O) groups is 1. The molecule has 0 aliphatic heterocycles. The molecule has 4 rings (SSSR count). The zero-order valence-electron chi connectivity index (χ0n) is 14.0. The van der Waals surface area contributed by atoms with Crippen molar-refractivity contribution in [3.8, 4) is 11.3 Å². The molecule has 0 radical (unpaired) electrons. The lowest BCUT2D eigenvalue weighted by atomic mass is 9.83. The Morgan fingerprint density at radius 1 is 1.23 bits per heavy atom. The van der Waals surface area contributed by atoms with Crippen LogP contribution in [0.4, 0.5) is 4.39 Å². The van der Waals surface area contributed by atoms with E-state index in [-0.39, 0.29) is 22.8 Å². The van der Waals surface area contributed by atoms with Gasteiger partial charge in [-0.25, -0.2) is 9.18 Å². The number of H-pyrrole nitrogens is 1. The molecule has 7 heteroatoms. The number of nitrogens with zero attached hydrogens (tertiary/aromatic N) is 2. The number of hydrogen-bond donors (Lipinski definition) is 2. The van der Waals surface area contributed by atoms with Gasteiger partial charge in [-0.1, -0.05) is 31.4 Å². The minimum Gasteiger partial charge on any atom is -0.476 e. The summed E-state index contributed by atoms with van der Waals surface area (Å²) in [5, 5.41) is 13.1. The van der Waals surface area contributed by atoms with Gasteiger partial charge in [0.25, 0.3) is 5.56 Å². The lowest BCUT2D eigenvalue weighted by Gasteiger charge is -2.23. The van der Waals surface area contributed by atoms with Crippen LogP contribution in [0.25, 0.3) is 16.9 Å². The minimum absolute atomic E-state index is 0.0487. The number of rotatable bonds is 3. The van der Waals surface area contributed by atoms with Crippen molar-refractivity contribution in [3.05, 3.63) is 57.8 Å². The molecule has 134 valence electrons. The summed E-state index contributed by atoms with van der Waals surface area (Å²) in [6.07, 6.45) is 4.96. The second-order valence-corrected chi connectivity index (χ2v) is 6.70. The molecule has 0 spiro atoms. The Bertz CT molecular complexity index is 1050. The Labute approximate surface area is 148 Å². The summed E-state index contributed by atoms with van der Waals surface area (Å²) in [5.74, 6) is -1.54. The van der Waals surface area contributed by atoms with E-state index < -0.39 is 11.8 Å². The summed E-state index contributed by atoms with van der Waals surface area (Å²) in [6, 6.07) is 7.38. The normalized spacial score (nSPS) is 15.4. The second-order valence-electron chi connectivity index (χ2n) is 6.70. The van der Waals surface area contributed by atoms with Gasteiger partial charge in [-0.15, -0.1) is 0 Å². The molecule has 1 aromatic carbocycles. The molecule has 1 saturated carbocycles. The van der Waals surface area contributed by atoms with Crippen molar-refractivity contribution in [2.45, 2.75) is 38.0 Å². The van der Waals surface area contributed by atoms with E-state index in [0.29, 0.717) is 16.8 Å². The Morgan fingerprint density at radius 3 is 2.69 bits per heavy atom. The molecule has 0 amide bonds. The fourth-order valence-electron chi connectivity index (χ4n) is 3.79. The van der Waals surface area contributed by atoms with Crippen molar-refractivity contribution in [3.63, 3.8) is 0 Å². The van der Waals surface area contributed by atoms with Gasteiger partial charge in [0.15, 0.2) is 5.69 Å². The summed E-state index contributed by atoms with van der Waals surface area (Å²) >= 11 is 0. The highest BCUT2D eigenvalue weighted by molar-refractivity contribution is 5.86. The molecule has 2 heterocycles. The first-order valence-electron chi connectivity index (χ1n) is 8.70. The molecule has 2 N–H and O–H groups in total. The largest absolute Gasteiger partial charge is 0.476 e. The van der Waals surface area contributed by atoms with Crippen molar-refractivity contribution in [1.29, 1.82) is 0 Å². The maximum Gasteiger partial charge on any atom is 0.356 e. The summed E-state index contributed by atoms with van der Waals surface area (Å²) in [4.78, 5) is 27.5. The summed E-state index contributed by atoms with van der Waals surface area (Å²) in [6.45, 7) is 0. The molecule has 3 aromatic rings. The van der Waals surface area contributed by atoms with Crippen LogP contribution in [-0.4, -0.2) is 25.7 Å². The third kappa shape index (κ3) is 2.79. The summed E-state index contributed by atoms with van der Waals surface area (Å²) < 4.78 is 14.9. The SMILES string of the molecule is O=C(O)c1cc2[nH]c(-c3cccc(F)c3)c(C3CCCCC3)c(=O)n2n1. The van der Waals surface area contributed by atoms with E-state index >= 15 is 0 Å². The summed E-state index contributed by atoms with van der Waals surface area (Å²) in [7, 11) is 0. The number of hydrogen-bond acceptors (Lipinski definition) is 3. The van der Waals surface area contributed by atoms with Crippen molar-refractivity contribution >= 4 is 11.6 Å². The fraction of sp³-hybridized carbons (Fsp3) is 0.316. The monoisotopic (exact) mass is 355 g/mol. The number of halogens is 1. The van der Waals surface area contributed by atoms with E-state index in [2.05, 4.69) is 10.1 Å². The molecule has 2 aromatic heterocycles. The Kier molecular flexibility index (Phi) is 4.06. The number of aromatic nitrogens is 3. The third-order valence-corrected chi connectivity index (χ3v) is 5.00. The van der Waals surface area contributed by atoms with E-state index in [0.717, 1.165) is 36.6 Å². The van der Waals surface area contributed by atoms with E-state index in [4.69, 9.17) is 0 Å². The minimum atomic E-state index is -1.20. The number of carboxylic acids is 1. The van der Waals surface area contributed by atoms with E-state index in [9.17, 15) is 19.1 Å². The first kappa shape index (κ1) is 16.5. The second kappa shape index (κ2) is 6.40. The van der Waals surface area contributed by atoms with Gasteiger partial charge in [-0.2, -0.15) is 9.61 Å². The van der Waals surface area contributed by atoms with Crippen LogP contribution in [0.3, 0.4) is 0 Å². The van der Waals surface area contributed by atoms with Gasteiger partial charge in [0.1, 0.15) is 11.5 Å². The van der Waals surface area contributed by atoms with Crippen molar-refractivity contribution < 1.29 is 14.3 Å². The average Bonchev–Trinajstić information content (AvgIpc) is 3.07. The smallest absolute Gasteiger partial charge is 0.356 e. The van der Waals surface area contributed by atoms with Gasteiger partial charge < -0.3 is 10.1 Å². The molecule has 26 heavy (non-hydrogen) atoms. The zero-order valence-corrected chi connectivity index (χ0v) is 14.0. The standard InChI is InChI=1S/C19H18FN3O3/c20-13-8-4-7-12(9-13)17-16(11-5-2-1-3-6-11)18(24)23-15(21-17)10-14(22-23)19(25)26/h4,7-11,21H,1-3,5-6H2,(H,25,26). The van der Waals surface area contributed by atoms with Crippen LogP contribution >= 0.6 is 0 Å². The Morgan fingerprint density at radius 2 is 2.00 bits per heavy atom. The first-order chi connectivity index (χ1) is 12.5. The van der Waals surface area contributed by atoms with Crippen LogP contribution < -0.4 is 5.56 Å². The quantitative estimate of drug-likeness (QED) is 0.752. The molecule has 0 saturated heterocycles. The molecule has 1 fully saturated rings. The molecule has 0 unspecified atom stereocenters. The van der Waals surface area contributed by atoms with Gasteiger partial charge in [0.05, 0.1) is 5.69 Å². The predicted molar refractivity (Wildman–Crippen MR) is 94.0 cm³/mol. The van der Waals surface area contributed by atoms with Crippen molar-refractivity contribution in [2.75, 3.05) is 0 Å². The van der Waals surface area contributed by atoms with Crippen LogP contribution in [0.1, 0.15) is 54.1 Å². The highest BCUT2D eigenvalue weighted by Gasteiger charge is 2.25. The molecular formula is C19H18FN3O3. The van der Waals surface area contributed by atoms with Crippen LogP contribution in [0.2, 0.25) is 0 Å². The molecular weight excluding hydrogens is 337 g/mol. The number of aromatic amines is 1. The predicted octanol–water partition coefficient (Wildman–Crippen LogP) is 3.57. The molecule has 6 nitrogen and oxygen atoms in total. The van der Waals surface area contributed by atoms with Crippen molar-refractivity contribution in [2.24, 2.45) is 0 Å². The molecule has 1 aliphatic rings. The number of nitrogens with one attached hydrogen (secondary N) is 1. The third-order valence-electron chi connectivity index (χ3n) is 5.00. The zero-order chi connectivity index (χ0) is 18.3. The molecule has 0 bridgehead atoms. The Hall–Kier alpha value is -2.96. The number of fused-ring (bicyclic) bond motifs is 1. The lowest BCUT2D eigenvalue weighted by molar-refractivity contribution is 0.0690. The van der Waals surface area contributed by atoms with Gasteiger partial charge in [0.2, 0.25) is 0 Å². The van der Waals surface area contributed by atoms with Gasteiger partial charge in [-0.05, 0) is 30.9 Å². The van der Waals surface area contributed by atoms with Crippen LogP contribution in [0.15, 0.2) is 35.1 Å². The lowest BCUT2D eigenvalue weighted by Crippen LogP contribution is -2.25.